The zero-order chi connectivity index (χ0) is 17.7. The number of hydrogen-bond donors (Lipinski definition) is 2. The highest BCUT2D eigenvalue weighted by molar-refractivity contribution is 6.63. The average molecular weight is 338 g/mol. The largest absolute Gasteiger partial charge is 0.489 e. The summed E-state index contributed by atoms with van der Waals surface area (Å²) in [5.74, 6) is 0. The maximum absolute atomic E-state index is 10.00. The molecule has 0 fully saturated rings. The molecule has 0 bridgehead atoms. The summed E-state index contributed by atoms with van der Waals surface area (Å²) in [6, 6.07) is 25.8. The number of furan rings is 1. The molecule has 0 aliphatic rings. The van der Waals surface area contributed by atoms with Gasteiger partial charge in [0.25, 0.3) is 0 Å². The second kappa shape index (κ2) is 5.73. The van der Waals surface area contributed by atoms with Crippen LogP contribution >= 0.6 is 0 Å². The van der Waals surface area contributed by atoms with Crippen LogP contribution in [0, 0.1) is 0 Å². The Balaban J connectivity index is 1.88. The molecule has 0 atom stereocenters. The standard InChI is InChI=1S/C22H15BO3/c24-23(25)19-12-15(17-10-5-7-14-6-1-2-8-16(14)17)13-21-22(19)18-9-3-4-11-20(18)26-21/h1-13,24-25H. The molecule has 0 aliphatic carbocycles. The van der Waals surface area contributed by atoms with Gasteiger partial charge < -0.3 is 14.5 Å². The quantitative estimate of drug-likeness (QED) is 0.477. The van der Waals surface area contributed by atoms with Crippen molar-refractivity contribution in [3.63, 3.8) is 0 Å². The van der Waals surface area contributed by atoms with Crippen molar-refractivity contribution in [3.8, 4) is 11.1 Å². The molecule has 0 aliphatic heterocycles. The molecule has 5 aromatic rings. The lowest BCUT2D eigenvalue weighted by molar-refractivity contribution is 0.426. The van der Waals surface area contributed by atoms with Gasteiger partial charge in [-0.2, -0.15) is 0 Å². The van der Waals surface area contributed by atoms with Gasteiger partial charge in [-0.1, -0.05) is 66.7 Å². The summed E-state index contributed by atoms with van der Waals surface area (Å²) in [5, 5.41) is 23.9. The minimum Gasteiger partial charge on any atom is -0.456 e. The second-order valence-electron chi connectivity index (χ2n) is 6.44. The van der Waals surface area contributed by atoms with Crippen LogP contribution in [-0.4, -0.2) is 17.2 Å². The third-order valence-electron chi connectivity index (χ3n) is 4.89. The smallest absolute Gasteiger partial charge is 0.456 e. The molecule has 5 rings (SSSR count). The molecular formula is C22H15BO3. The molecule has 3 nitrogen and oxygen atoms in total. The number of benzene rings is 4. The van der Waals surface area contributed by atoms with Gasteiger partial charge in [0.15, 0.2) is 0 Å². The Bertz CT molecular complexity index is 1270. The van der Waals surface area contributed by atoms with Gasteiger partial charge in [-0.25, -0.2) is 0 Å². The van der Waals surface area contributed by atoms with Crippen LogP contribution in [-0.2, 0) is 0 Å². The van der Waals surface area contributed by atoms with E-state index >= 15 is 0 Å². The second-order valence-corrected chi connectivity index (χ2v) is 6.44. The zero-order valence-electron chi connectivity index (χ0n) is 13.9. The Morgan fingerprint density at radius 3 is 2.27 bits per heavy atom. The SMILES string of the molecule is OB(O)c1cc(-c2cccc3ccccc23)cc2oc3ccccc3c12. The molecular weight excluding hydrogens is 323 g/mol. The first-order valence-electron chi connectivity index (χ1n) is 8.52. The van der Waals surface area contributed by atoms with E-state index in [0.717, 1.165) is 38.3 Å². The van der Waals surface area contributed by atoms with E-state index in [0.29, 0.717) is 11.0 Å². The third kappa shape index (κ3) is 2.24. The summed E-state index contributed by atoms with van der Waals surface area (Å²) in [7, 11) is -1.58. The molecule has 124 valence electrons. The first-order valence-corrected chi connectivity index (χ1v) is 8.52. The maximum atomic E-state index is 10.00. The van der Waals surface area contributed by atoms with Crippen molar-refractivity contribution in [1.29, 1.82) is 0 Å². The van der Waals surface area contributed by atoms with Crippen LogP contribution in [0.25, 0.3) is 43.8 Å². The van der Waals surface area contributed by atoms with Crippen molar-refractivity contribution in [3.05, 3.63) is 78.9 Å². The fraction of sp³-hybridized carbons (Fsp3) is 0. The Kier molecular flexibility index (Phi) is 3.35. The highest BCUT2D eigenvalue weighted by atomic mass is 16.4. The fourth-order valence-corrected chi connectivity index (χ4v) is 3.72. The van der Waals surface area contributed by atoms with Crippen molar-refractivity contribution in [2.24, 2.45) is 0 Å². The molecule has 0 amide bonds. The lowest BCUT2D eigenvalue weighted by Crippen LogP contribution is -2.30. The van der Waals surface area contributed by atoms with Crippen LogP contribution in [0.3, 0.4) is 0 Å². The van der Waals surface area contributed by atoms with Gasteiger partial charge in [0.05, 0.1) is 0 Å². The Morgan fingerprint density at radius 2 is 1.42 bits per heavy atom. The van der Waals surface area contributed by atoms with Gasteiger partial charge in [0.1, 0.15) is 11.2 Å². The predicted molar refractivity (Wildman–Crippen MR) is 106 cm³/mol. The highest BCUT2D eigenvalue weighted by Crippen LogP contribution is 2.33. The van der Waals surface area contributed by atoms with Crippen molar-refractivity contribution in [2.75, 3.05) is 0 Å². The van der Waals surface area contributed by atoms with E-state index in [2.05, 4.69) is 18.2 Å². The van der Waals surface area contributed by atoms with Gasteiger partial charge in [-0.05, 0) is 39.5 Å². The minimum absolute atomic E-state index is 0.454. The Labute approximate surface area is 150 Å². The zero-order valence-corrected chi connectivity index (χ0v) is 13.9. The van der Waals surface area contributed by atoms with Gasteiger partial charge in [-0.3, -0.25) is 0 Å². The van der Waals surface area contributed by atoms with E-state index in [1.807, 2.05) is 60.7 Å². The molecule has 26 heavy (non-hydrogen) atoms. The molecule has 2 N–H and O–H groups in total. The minimum atomic E-state index is -1.58. The molecule has 0 unspecified atom stereocenters. The number of rotatable bonds is 2. The van der Waals surface area contributed by atoms with Crippen LogP contribution in [0.1, 0.15) is 0 Å². The van der Waals surface area contributed by atoms with Gasteiger partial charge >= 0.3 is 7.12 Å². The first-order chi connectivity index (χ1) is 12.7. The van der Waals surface area contributed by atoms with E-state index in [1.54, 1.807) is 0 Å². The van der Waals surface area contributed by atoms with E-state index in [-0.39, 0.29) is 0 Å². The van der Waals surface area contributed by atoms with Crippen LogP contribution in [0.2, 0.25) is 0 Å². The van der Waals surface area contributed by atoms with E-state index in [9.17, 15) is 10.0 Å². The first kappa shape index (κ1) is 15.2. The van der Waals surface area contributed by atoms with E-state index in [4.69, 9.17) is 4.42 Å². The highest BCUT2D eigenvalue weighted by Gasteiger charge is 2.21. The van der Waals surface area contributed by atoms with Crippen LogP contribution in [0.4, 0.5) is 0 Å². The lowest BCUT2D eigenvalue weighted by atomic mass is 9.76. The Morgan fingerprint density at radius 1 is 0.692 bits per heavy atom. The van der Waals surface area contributed by atoms with Crippen molar-refractivity contribution in [2.45, 2.75) is 0 Å². The summed E-state index contributed by atoms with van der Waals surface area (Å²) in [6.45, 7) is 0. The number of para-hydroxylation sites is 1. The van der Waals surface area contributed by atoms with Crippen molar-refractivity contribution < 1.29 is 14.5 Å². The molecule has 1 heterocycles. The van der Waals surface area contributed by atoms with Crippen LogP contribution in [0.5, 0.6) is 0 Å². The van der Waals surface area contributed by atoms with E-state index in [1.165, 1.54) is 0 Å². The summed E-state index contributed by atoms with van der Waals surface area (Å²) in [6.07, 6.45) is 0. The fourth-order valence-electron chi connectivity index (χ4n) is 3.72. The normalized spacial score (nSPS) is 11.5. The third-order valence-corrected chi connectivity index (χ3v) is 4.89. The van der Waals surface area contributed by atoms with Crippen molar-refractivity contribution >= 4 is 45.3 Å². The molecule has 0 spiro atoms. The number of hydrogen-bond acceptors (Lipinski definition) is 3. The summed E-state index contributed by atoms with van der Waals surface area (Å²) < 4.78 is 6.00. The summed E-state index contributed by atoms with van der Waals surface area (Å²) in [4.78, 5) is 0. The molecule has 0 saturated carbocycles. The monoisotopic (exact) mass is 338 g/mol. The van der Waals surface area contributed by atoms with Gasteiger partial charge in [0, 0.05) is 10.8 Å². The molecule has 4 aromatic carbocycles. The average Bonchev–Trinajstić information content (AvgIpc) is 3.05. The molecule has 1 aromatic heterocycles. The molecule has 0 radical (unpaired) electrons. The van der Waals surface area contributed by atoms with E-state index < -0.39 is 7.12 Å². The maximum Gasteiger partial charge on any atom is 0.489 e. The predicted octanol–water partition coefficient (Wildman–Crippen LogP) is 4.09. The van der Waals surface area contributed by atoms with Crippen LogP contribution < -0.4 is 5.46 Å². The lowest BCUT2D eigenvalue weighted by Gasteiger charge is -2.10. The van der Waals surface area contributed by atoms with Crippen molar-refractivity contribution in [1.82, 2.24) is 0 Å². The van der Waals surface area contributed by atoms with Gasteiger partial charge in [0.2, 0.25) is 0 Å². The summed E-state index contributed by atoms with van der Waals surface area (Å²) >= 11 is 0. The summed E-state index contributed by atoms with van der Waals surface area (Å²) in [5.41, 5.74) is 3.78. The molecule has 4 heteroatoms. The number of fused-ring (bicyclic) bond motifs is 4. The topological polar surface area (TPSA) is 53.6 Å². The van der Waals surface area contributed by atoms with Gasteiger partial charge in [-0.15, -0.1) is 0 Å². The van der Waals surface area contributed by atoms with Crippen LogP contribution in [0.15, 0.2) is 83.3 Å². The molecule has 0 saturated heterocycles. The Hall–Kier alpha value is -3.08.